The van der Waals surface area contributed by atoms with Crippen molar-refractivity contribution in [2.24, 2.45) is 0 Å². The molecule has 162 valence electrons. The van der Waals surface area contributed by atoms with Crippen molar-refractivity contribution in [2.75, 3.05) is 13.7 Å². The van der Waals surface area contributed by atoms with Gasteiger partial charge in [0.1, 0.15) is 11.3 Å². The third-order valence-corrected chi connectivity index (χ3v) is 6.70. The van der Waals surface area contributed by atoms with E-state index in [0.29, 0.717) is 17.1 Å². The molecule has 5 rings (SSSR count). The van der Waals surface area contributed by atoms with Crippen LogP contribution in [0.1, 0.15) is 28.5 Å². The van der Waals surface area contributed by atoms with Gasteiger partial charge in [0, 0.05) is 39.9 Å². The Hall–Kier alpha value is -3.51. The molecular weight excluding hydrogens is 428 g/mol. The molecule has 0 radical (unpaired) electrons. The summed E-state index contributed by atoms with van der Waals surface area (Å²) in [5, 5.41) is 11.7. The summed E-state index contributed by atoms with van der Waals surface area (Å²) in [5.41, 5.74) is 2.94. The van der Waals surface area contributed by atoms with E-state index in [1.54, 1.807) is 12.3 Å². The first-order chi connectivity index (χ1) is 15.3. The Kier molecular flexibility index (Phi) is 4.64. The van der Waals surface area contributed by atoms with E-state index in [2.05, 4.69) is 11.1 Å². The number of rotatable bonds is 3. The smallest absolute Gasteiger partial charge is 0.336 e. The van der Waals surface area contributed by atoms with Crippen molar-refractivity contribution in [1.29, 1.82) is 0 Å². The number of hydrogen-bond donors (Lipinski definition) is 2. The van der Waals surface area contributed by atoms with Crippen molar-refractivity contribution in [2.45, 2.75) is 18.9 Å². The third-order valence-electron chi connectivity index (χ3n) is 6.47. The van der Waals surface area contributed by atoms with E-state index in [1.165, 1.54) is 25.3 Å². The average Bonchev–Trinajstić information content (AvgIpc) is 3.19. The van der Waals surface area contributed by atoms with Crippen LogP contribution in [-0.2, 0) is 21.5 Å². The topological polar surface area (TPSA) is 82.6 Å². The van der Waals surface area contributed by atoms with Crippen LogP contribution < -0.4 is 0 Å². The number of carbonyl (C=O) groups excluding carboxylic acids is 2. The molecule has 32 heavy (non-hydrogen) atoms. The number of esters is 1. The molecular formula is C25H21ClN2O4. The van der Waals surface area contributed by atoms with Gasteiger partial charge in [-0.05, 0) is 49.2 Å². The zero-order valence-electron chi connectivity index (χ0n) is 17.6. The molecule has 1 unspecified atom stereocenters. The van der Waals surface area contributed by atoms with Gasteiger partial charge < -0.3 is 19.7 Å². The number of hydrogen-bond acceptors (Lipinski definition) is 5. The number of allylic oxidation sites excluding steroid dienone is 2. The number of halogens is 1. The lowest BCUT2D eigenvalue weighted by atomic mass is 9.77. The molecule has 0 saturated heterocycles. The number of H-pyrrole nitrogens is 1. The second-order valence-corrected chi connectivity index (χ2v) is 8.60. The minimum absolute atomic E-state index is 0.0797. The summed E-state index contributed by atoms with van der Waals surface area (Å²) in [7, 11) is 1.33. The van der Waals surface area contributed by atoms with Gasteiger partial charge in [-0.1, -0.05) is 29.8 Å². The highest BCUT2D eigenvalue weighted by Gasteiger charge is 2.48. The Labute approximate surface area is 189 Å². The molecule has 0 saturated carbocycles. The number of aromatic hydroxyl groups is 1. The van der Waals surface area contributed by atoms with E-state index >= 15 is 0 Å². The van der Waals surface area contributed by atoms with Crippen LogP contribution >= 0.6 is 11.6 Å². The summed E-state index contributed by atoms with van der Waals surface area (Å²) in [6.07, 6.45) is 4.07. The number of carbonyl (C=O) groups is 2. The summed E-state index contributed by atoms with van der Waals surface area (Å²) in [4.78, 5) is 31.7. The highest BCUT2D eigenvalue weighted by Crippen LogP contribution is 2.46. The van der Waals surface area contributed by atoms with Gasteiger partial charge in [0.2, 0.25) is 0 Å². The number of nitrogens with one attached hydrogen (secondary N) is 1. The fourth-order valence-electron chi connectivity index (χ4n) is 4.80. The number of aromatic nitrogens is 1. The molecule has 2 N–H and O–H groups in total. The minimum atomic E-state index is -0.833. The molecule has 0 amide bonds. The van der Waals surface area contributed by atoms with Crippen LogP contribution in [0.15, 0.2) is 65.9 Å². The molecule has 0 bridgehead atoms. The van der Waals surface area contributed by atoms with Crippen molar-refractivity contribution >= 4 is 34.3 Å². The normalized spacial score (nSPS) is 19.7. The van der Waals surface area contributed by atoms with Crippen LogP contribution in [0.25, 0.3) is 10.9 Å². The van der Waals surface area contributed by atoms with Gasteiger partial charge in [0.15, 0.2) is 5.78 Å². The molecule has 2 aliphatic heterocycles. The molecule has 0 spiro atoms. The number of Topliss-reactive ketones (excluding diaryl/α,β-unsaturated/α-hetero) is 1. The zero-order chi connectivity index (χ0) is 22.6. The predicted molar refractivity (Wildman–Crippen MR) is 122 cm³/mol. The van der Waals surface area contributed by atoms with Crippen LogP contribution in [0, 0.1) is 0 Å². The van der Waals surface area contributed by atoms with E-state index in [9.17, 15) is 14.7 Å². The number of fused-ring (bicyclic) bond motifs is 5. The number of methoxy groups -OCH3 is 1. The summed E-state index contributed by atoms with van der Waals surface area (Å²) in [6.45, 7) is 2.57. The Morgan fingerprint density at radius 1 is 1.22 bits per heavy atom. The van der Waals surface area contributed by atoms with Gasteiger partial charge >= 0.3 is 5.97 Å². The van der Waals surface area contributed by atoms with Gasteiger partial charge in [0.05, 0.1) is 18.2 Å². The maximum atomic E-state index is 13.3. The Morgan fingerprint density at radius 2 is 2.00 bits per heavy atom. The summed E-state index contributed by atoms with van der Waals surface area (Å²) in [6, 6.07) is 12.4. The highest BCUT2D eigenvalue weighted by molar-refractivity contribution is 6.31. The standard InChI is InChI=1S/C25H21ClN2O4/c1-25-19(24(31)32-2)11-14(22(30)18-12-15(26)7-8-21(18)29)13-28(25)10-9-17-16-5-3-4-6-20(16)27-23(17)25/h3-8,11-13,27,29H,9-10H2,1-2H3. The maximum absolute atomic E-state index is 13.3. The predicted octanol–water partition coefficient (Wildman–Crippen LogP) is 4.48. The van der Waals surface area contributed by atoms with Gasteiger partial charge in [-0.2, -0.15) is 0 Å². The highest BCUT2D eigenvalue weighted by atomic mass is 35.5. The fourth-order valence-corrected chi connectivity index (χ4v) is 4.97. The van der Waals surface area contributed by atoms with Crippen molar-refractivity contribution in [1.82, 2.24) is 9.88 Å². The first-order valence-corrected chi connectivity index (χ1v) is 10.6. The number of para-hydroxylation sites is 1. The van der Waals surface area contributed by atoms with Gasteiger partial charge in [-0.25, -0.2) is 4.79 Å². The molecule has 2 aromatic carbocycles. The van der Waals surface area contributed by atoms with E-state index in [4.69, 9.17) is 16.3 Å². The quantitative estimate of drug-likeness (QED) is 0.456. The van der Waals surface area contributed by atoms with Crippen molar-refractivity contribution < 1.29 is 19.4 Å². The van der Waals surface area contributed by atoms with Crippen LogP contribution in [0.4, 0.5) is 0 Å². The average molecular weight is 449 g/mol. The zero-order valence-corrected chi connectivity index (χ0v) is 18.4. The van der Waals surface area contributed by atoms with E-state index < -0.39 is 17.3 Å². The second-order valence-electron chi connectivity index (χ2n) is 8.16. The second kappa shape index (κ2) is 7.28. The van der Waals surface area contributed by atoms with Gasteiger partial charge in [-0.15, -0.1) is 0 Å². The number of nitrogens with zero attached hydrogens (tertiary/aromatic N) is 1. The van der Waals surface area contributed by atoms with Crippen LogP contribution in [0.2, 0.25) is 5.02 Å². The number of phenols is 1. The van der Waals surface area contributed by atoms with Crippen molar-refractivity contribution in [3.8, 4) is 5.75 Å². The monoisotopic (exact) mass is 448 g/mol. The summed E-state index contributed by atoms with van der Waals surface area (Å²) >= 11 is 6.04. The Bertz CT molecular complexity index is 1350. The van der Waals surface area contributed by atoms with E-state index in [1.807, 2.05) is 30.0 Å². The van der Waals surface area contributed by atoms with Crippen molar-refractivity contribution in [3.05, 3.63) is 87.7 Å². The molecule has 6 nitrogen and oxygen atoms in total. The summed E-state index contributed by atoms with van der Waals surface area (Å²) < 4.78 is 5.11. The molecule has 7 heteroatoms. The van der Waals surface area contributed by atoms with E-state index in [-0.39, 0.29) is 16.9 Å². The van der Waals surface area contributed by atoms with Crippen LogP contribution in [0.3, 0.4) is 0 Å². The van der Waals surface area contributed by atoms with Gasteiger partial charge in [-0.3, -0.25) is 4.79 Å². The number of aromatic amines is 1. The third kappa shape index (κ3) is 2.87. The Morgan fingerprint density at radius 3 is 2.78 bits per heavy atom. The lowest BCUT2D eigenvalue weighted by Gasteiger charge is -2.47. The molecule has 3 heterocycles. The number of ketones is 1. The number of ether oxygens (including phenoxy) is 1. The number of benzene rings is 2. The summed E-state index contributed by atoms with van der Waals surface area (Å²) in [5.74, 6) is -1.10. The van der Waals surface area contributed by atoms with Crippen LogP contribution in [0.5, 0.6) is 5.75 Å². The lowest BCUT2D eigenvalue weighted by Crippen LogP contribution is -2.50. The number of phenolic OH excluding ortho intramolecular Hbond substituents is 1. The largest absolute Gasteiger partial charge is 0.507 e. The molecule has 3 aromatic rings. The molecule has 1 aromatic heterocycles. The molecule has 1 atom stereocenters. The van der Waals surface area contributed by atoms with Gasteiger partial charge in [0.25, 0.3) is 0 Å². The van der Waals surface area contributed by atoms with E-state index in [0.717, 1.165) is 28.6 Å². The molecule has 2 aliphatic rings. The minimum Gasteiger partial charge on any atom is -0.507 e. The molecule has 0 fully saturated rings. The van der Waals surface area contributed by atoms with Crippen LogP contribution in [-0.4, -0.2) is 40.4 Å². The Balaban J connectivity index is 1.68. The SMILES string of the molecule is COC(=O)C1=CC(C(=O)c2cc(Cl)ccc2O)=CN2CCc3c([nH]c4ccccc34)C12C. The van der Waals surface area contributed by atoms with Crippen molar-refractivity contribution in [3.63, 3.8) is 0 Å². The lowest BCUT2D eigenvalue weighted by molar-refractivity contribution is -0.137. The first-order valence-electron chi connectivity index (χ1n) is 10.3. The maximum Gasteiger partial charge on any atom is 0.336 e. The first kappa shape index (κ1) is 20.4. The fraction of sp³-hybridized carbons (Fsp3) is 0.200. The molecule has 0 aliphatic carbocycles.